The molecule has 98 valence electrons. The fourth-order valence-electron chi connectivity index (χ4n) is 2.01. The summed E-state index contributed by atoms with van der Waals surface area (Å²) in [6.07, 6.45) is 0.610. The van der Waals surface area contributed by atoms with Gasteiger partial charge in [0.1, 0.15) is 12.2 Å². The predicted molar refractivity (Wildman–Crippen MR) is 76.7 cm³/mol. The minimum atomic E-state index is -0.691. The normalized spacial score (nSPS) is 13.7. The topological polar surface area (TPSA) is 29.5 Å². The first-order valence-corrected chi connectivity index (χ1v) is 6.33. The van der Waals surface area contributed by atoms with Crippen LogP contribution in [0.15, 0.2) is 73.3 Å². The van der Waals surface area contributed by atoms with Gasteiger partial charge in [-0.2, -0.15) is 0 Å². The first kappa shape index (κ1) is 13.5. The fourth-order valence-corrected chi connectivity index (χ4v) is 2.01. The molecule has 2 aromatic carbocycles. The van der Waals surface area contributed by atoms with Crippen LogP contribution in [0.3, 0.4) is 0 Å². The van der Waals surface area contributed by atoms with Crippen LogP contribution in [0, 0.1) is 0 Å². The van der Waals surface area contributed by atoms with Crippen molar-refractivity contribution in [3.8, 4) is 0 Å². The van der Waals surface area contributed by atoms with Crippen molar-refractivity contribution in [1.29, 1.82) is 0 Å². The molecule has 0 aliphatic heterocycles. The van der Waals surface area contributed by atoms with Gasteiger partial charge in [-0.3, -0.25) is 0 Å². The lowest BCUT2D eigenvalue weighted by Gasteiger charge is -2.23. The lowest BCUT2D eigenvalue weighted by Crippen LogP contribution is -2.14. The second-order valence-corrected chi connectivity index (χ2v) is 4.31. The first-order chi connectivity index (χ1) is 9.33. The average Bonchev–Trinajstić information content (AvgIpc) is 2.49. The van der Waals surface area contributed by atoms with E-state index in [0.29, 0.717) is 6.61 Å². The maximum Gasteiger partial charge on any atom is 0.113 e. The zero-order valence-corrected chi connectivity index (χ0v) is 10.8. The molecule has 2 aromatic rings. The van der Waals surface area contributed by atoms with E-state index in [1.807, 2.05) is 60.7 Å². The van der Waals surface area contributed by atoms with Gasteiger partial charge in [0.2, 0.25) is 0 Å². The zero-order chi connectivity index (χ0) is 13.5. The maximum absolute atomic E-state index is 10.5. The first-order valence-electron chi connectivity index (χ1n) is 6.33. The summed E-state index contributed by atoms with van der Waals surface area (Å²) in [5.74, 6) is 0. The third kappa shape index (κ3) is 3.53. The molecule has 19 heavy (non-hydrogen) atoms. The maximum atomic E-state index is 10.5. The van der Waals surface area contributed by atoms with E-state index in [-0.39, 0.29) is 6.10 Å². The van der Waals surface area contributed by atoms with Gasteiger partial charge in [-0.25, -0.2) is 0 Å². The number of rotatable bonds is 6. The Balaban J connectivity index is 2.25. The molecule has 2 heteroatoms. The van der Waals surface area contributed by atoms with Gasteiger partial charge < -0.3 is 9.84 Å². The molecule has 0 spiro atoms. The highest BCUT2D eigenvalue weighted by Gasteiger charge is 2.22. The molecule has 1 N–H and O–H groups in total. The second-order valence-electron chi connectivity index (χ2n) is 4.31. The van der Waals surface area contributed by atoms with E-state index in [1.54, 1.807) is 6.08 Å². The Morgan fingerprint density at radius 1 is 0.947 bits per heavy atom. The Hall–Kier alpha value is -1.90. The number of aliphatic hydroxyl groups is 1. The molecule has 0 aliphatic carbocycles. The van der Waals surface area contributed by atoms with Crippen LogP contribution in [0.5, 0.6) is 0 Å². The Labute approximate surface area is 114 Å². The van der Waals surface area contributed by atoms with Crippen molar-refractivity contribution >= 4 is 0 Å². The van der Waals surface area contributed by atoms with Crippen LogP contribution in [0.25, 0.3) is 0 Å². The minimum absolute atomic E-state index is 0.387. The van der Waals surface area contributed by atoms with E-state index in [4.69, 9.17) is 4.74 Å². The number of aliphatic hydroxyl groups excluding tert-OH is 1. The van der Waals surface area contributed by atoms with E-state index < -0.39 is 6.10 Å². The van der Waals surface area contributed by atoms with Crippen LogP contribution in [0.4, 0.5) is 0 Å². The highest BCUT2D eigenvalue weighted by atomic mass is 16.5. The van der Waals surface area contributed by atoms with E-state index in [0.717, 1.165) is 11.1 Å². The summed E-state index contributed by atoms with van der Waals surface area (Å²) in [7, 11) is 0. The van der Waals surface area contributed by atoms with Crippen LogP contribution < -0.4 is 0 Å². The average molecular weight is 254 g/mol. The van der Waals surface area contributed by atoms with E-state index >= 15 is 0 Å². The molecule has 0 radical (unpaired) electrons. The highest BCUT2D eigenvalue weighted by Crippen LogP contribution is 2.31. The van der Waals surface area contributed by atoms with Gasteiger partial charge in [0, 0.05) is 0 Å². The molecule has 0 fully saturated rings. The van der Waals surface area contributed by atoms with Gasteiger partial charge >= 0.3 is 0 Å². The summed E-state index contributed by atoms with van der Waals surface area (Å²) in [6.45, 7) is 4.06. The largest absolute Gasteiger partial charge is 0.385 e. The lowest BCUT2D eigenvalue weighted by atomic mass is 9.98. The SMILES string of the molecule is C=CCO[C@@H](c1ccccc1)[C@@H](O)c1ccccc1. The number of hydrogen-bond acceptors (Lipinski definition) is 2. The Kier molecular flexibility index (Phi) is 4.90. The molecule has 0 aromatic heterocycles. The molecule has 2 rings (SSSR count). The number of hydrogen-bond donors (Lipinski definition) is 1. The predicted octanol–water partition coefficient (Wildman–Crippen LogP) is 3.66. The summed E-state index contributed by atoms with van der Waals surface area (Å²) in [5, 5.41) is 10.5. The summed E-state index contributed by atoms with van der Waals surface area (Å²) in [4.78, 5) is 0. The van der Waals surface area contributed by atoms with Gasteiger partial charge in [-0.15, -0.1) is 6.58 Å². The van der Waals surface area contributed by atoms with Crippen molar-refractivity contribution in [2.75, 3.05) is 6.61 Å². The lowest BCUT2D eigenvalue weighted by molar-refractivity contribution is -0.0299. The monoisotopic (exact) mass is 254 g/mol. The van der Waals surface area contributed by atoms with Gasteiger partial charge in [-0.05, 0) is 11.1 Å². The third-order valence-corrected chi connectivity index (χ3v) is 2.95. The van der Waals surface area contributed by atoms with Crippen molar-refractivity contribution in [2.45, 2.75) is 12.2 Å². The minimum Gasteiger partial charge on any atom is -0.385 e. The van der Waals surface area contributed by atoms with Crippen molar-refractivity contribution in [3.05, 3.63) is 84.4 Å². The van der Waals surface area contributed by atoms with Crippen molar-refractivity contribution in [1.82, 2.24) is 0 Å². The molecule has 0 unspecified atom stereocenters. The molecule has 0 heterocycles. The Morgan fingerprint density at radius 2 is 1.47 bits per heavy atom. The summed E-state index contributed by atoms with van der Waals surface area (Å²) >= 11 is 0. The zero-order valence-electron chi connectivity index (χ0n) is 10.8. The van der Waals surface area contributed by atoms with Crippen LogP contribution in [0.2, 0.25) is 0 Å². The molecule has 0 saturated carbocycles. The fraction of sp³-hybridized carbons (Fsp3) is 0.176. The Morgan fingerprint density at radius 3 is 2.00 bits per heavy atom. The molecule has 0 amide bonds. The van der Waals surface area contributed by atoms with Gasteiger partial charge in [0.15, 0.2) is 0 Å². The van der Waals surface area contributed by atoms with Gasteiger partial charge in [0.25, 0.3) is 0 Å². The second kappa shape index (κ2) is 6.88. The van der Waals surface area contributed by atoms with Gasteiger partial charge in [-0.1, -0.05) is 66.7 Å². The summed E-state index contributed by atoms with van der Waals surface area (Å²) < 4.78 is 5.73. The van der Waals surface area contributed by atoms with Gasteiger partial charge in [0.05, 0.1) is 6.61 Å². The standard InChI is InChI=1S/C17H18O2/c1-2-13-19-17(15-11-7-4-8-12-15)16(18)14-9-5-3-6-10-14/h2-12,16-18H,1,13H2/t16-,17-/m0/s1. The molecule has 2 atom stereocenters. The van der Waals surface area contributed by atoms with Crippen LogP contribution in [-0.4, -0.2) is 11.7 Å². The van der Waals surface area contributed by atoms with Crippen LogP contribution in [-0.2, 0) is 4.74 Å². The molecule has 0 saturated heterocycles. The van der Waals surface area contributed by atoms with E-state index in [1.165, 1.54) is 0 Å². The highest BCUT2D eigenvalue weighted by molar-refractivity contribution is 5.25. The van der Waals surface area contributed by atoms with Crippen molar-refractivity contribution in [3.63, 3.8) is 0 Å². The van der Waals surface area contributed by atoms with Crippen molar-refractivity contribution < 1.29 is 9.84 Å². The molecule has 0 aliphatic rings. The third-order valence-electron chi connectivity index (χ3n) is 2.95. The van der Waals surface area contributed by atoms with E-state index in [9.17, 15) is 5.11 Å². The number of benzene rings is 2. The summed E-state index contributed by atoms with van der Waals surface area (Å²) in [6, 6.07) is 19.3. The summed E-state index contributed by atoms with van der Waals surface area (Å²) in [5.41, 5.74) is 1.81. The number of ether oxygens (including phenoxy) is 1. The van der Waals surface area contributed by atoms with Crippen LogP contribution in [0.1, 0.15) is 23.3 Å². The van der Waals surface area contributed by atoms with E-state index in [2.05, 4.69) is 6.58 Å². The molecular weight excluding hydrogens is 236 g/mol. The quantitative estimate of drug-likeness (QED) is 0.797. The Bertz CT molecular complexity index is 493. The molecule has 0 bridgehead atoms. The smallest absolute Gasteiger partial charge is 0.113 e. The van der Waals surface area contributed by atoms with Crippen molar-refractivity contribution in [2.24, 2.45) is 0 Å². The van der Waals surface area contributed by atoms with Crippen LogP contribution >= 0.6 is 0 Å². The molecule has 2 nitrogen and oxygen atoms in total. The molecular formula is C17H18O2.